The van der Waals surface area contributed by atoms with Gasteiger partial charge in [0.15, 0.2) is 0 Å². The monoisotopic (exact) mass is 263 g/mol. The number of hydrogen-bond acceptors (Lipinski definition) is 5. The largest absolute Gasteiger partial charge is 0.388 e. The van der Waals surface area contributed by atoms with E-state index in [0.717, 1.165) is 15.6 Å². The highest BCUT2D eigenvalue weighted by Crippen LogP contribution is 2.27. The maximum Gasteiger partial charge on any atom is 0.147 e. The van der Waals surface area contributed by atoms with Gasteiger partial charge in [0.1, 0.15) is 9.84 Å². The van der Waals surface area contributed by atoms with Crippen LogP contribution >= 0.6 is 11.3 Å². The Hall–Kier alpha value is -0.460. The molecule has 4 nitrogen and oxygen atoms in total. The molecule has 0 amide bonds. The van der Waals surface area contributed by atoms with Crippen LogP contribution < -0.4 is 0 Å². The molecule has 0 saturated carbocycles. The average molecular weight is 263 g/mol. The summed E-state index contributed by atoms with van der Waals surface area (Å²) >= 11 is 1.47. The van der Waals surface area contributed by atoms with E-state index in [2.05, 4.69) is 4.98 Å². The van der Waals surface area contributed by atoms with Crippen molar-refractivity contribution in [3.63, 3.8) is 0 Å². The van der Waals surface area contributed by atoms with Crippen LogP contribution in [0.15, 0.2) is 0 Å². The second-order valence-corrected chi connectivity index (χ2v) is 7.46. The fourth-order valence-corrected chi connectivity index (χ4v) is 3.17. The van der Waals surface area contributed by atoms with E-state index in [1.807, 2.05) is 13.8 Å². The summed E-state index contributed by atoms with van der Waals surface area (Å²) in [6, 6.07) is 0. The molecule has 0 radical (unpaired) electrons. The average Bonchev–Trinajstić information content (AvgIpc) is 2.43. The smallest absolute Gasteiger partial charge is 0.147 e. The molecule has 0 spiro atoms. The summed E-state index contributed by atoms with van der Waals surface area (Å²) in [5.41, 5.74) is 0.842. The highest BCUT2D eigenvalue weighted by Gasteiger charge is 2.15. The lowest BCUT2D eigenvalue weighted by molar-refractivity contribution is 0.169. The first-order chi connectivity index (χ1) is 7.29. The molecule has 0 aromatic carbocycles. The summed E-state index contributed by atoms with van der Waals surface area (Å²) in [6.45, 7) is 3.75. The zero-order chi connectivity index (χ0) is 12.3. The van der Waals surface area contributed by atoms with Gasteiger partial charge in [0, 0.05) is 12.0 Å². The standard InChI is InChI=1S/C10H17NO3S2/c1-7-10(15-8(2)11-7)9(12)5-4-6-16(3,13)14/h9,12H,4-6H2,1-3H3. The van der Waals surface area contributed by atoms with Crippen molar-refractivity contribution in [3.05, 3.63) is 15.6 Å². The quantitative estimate of drug-likeness (QED) is 0.876. The van der Waals surface area contributed by atoms with Crippen molar-refractivity contribution in [2.45, 2.75) is 32.8 Å². The van der Waals surface area contributed by atoms with Crippen molar-refractivity contribution in [1.82, 2.24) is 4.98 Å². The Bertz CT molecular complexity index is 451. The van der Waals surface area contributed by atoms with Gasteiger partial charge in [-0.05, 0) is 26.7 Å². The van der Waals surface area contributed by atoms with E-state index < -0.39 is 15.9 Å². The molecule has 1 unspecified atom stereocenters. The third-order valence-electron chi connectivity index (χ3n) is 2.23. The third-order valence-corrected chi connectivity index (χ3v) is 4.44. The maximum absolute atomic E-state index is 10.9. The van der Waals surface area contributed by atoms with Gasteiger partial charge in [-0.1, -0.05) is 0 Å². The van der Waals surface area contributed by atoms with E-state index in [4.69, 9.17) is 0 Å². The Labute approximate surface area is 100 Å². The van der Waals surface area contributed by atoms with Crippen LogP contribution in [0.4, 0.5) is 0 Å². The molecule has 1 aromatic heterocycles. The first-order valence-corrected chi connectivity index (χ1v) is 7.97. The maximum atomic E-state index is 10.9. The minimum absolute atomic E-state index is 0.126. The minimum atomic E-state index is -2.93. The lowest BCUT2D eigenvalue weighted by Crippen LogP contribution is -2.05. The molecule has 0 bridgehead atoms. The van der Waals surface area contributed by atoms with E-state index >= 15 is 0 Å². The van der Waals surface area contributed by atoms with Gasteiger partial charge in [0.05, 0.1) is 21.7 Å². The molecule has 6 heteroatoms. The van der Waals surface area contributed by atoms with Crippen molar-refractivity contribution in [2.75, 3.05) is 12.0 Å². The predicted molar refractivity (Wildman–Crippen MR) is 65.5 cm³/mol. The summed E-state index contributed by atoms with van der Waals surface area (Å²) in [7, 11) is -2.93. The van der Waals surface area contributed by atoms with Crippen LogP contribution in [0, 0.1) is 13.8 Å². The molecule has 0 aliphatic carbocycles. The highest BCUT2D eigenvalue weighted by atomic mass is 32.2. The van der Waals surface area contributed by atoms with Crippen molar-refractivity contribution in [3.8, 4) is 0 Å². The van der Waals surface area contributed by atoms with Gasteiger partial charge in [-0.25, -0.2) is 13.4 Å². The summed E-state index contributed by atoms with van der Waals surface area (Å²) in [4.78, 5) is 5.08. The van der Waals surface area contributed by atoms with Gasteiger partial charge < -0.3 is 5.11 Å². The van der Waals surface area contributed by atoms with E-state index in [-0.39, 0.29) is 5.75 Å². The Kier molecular flexibility index (Phi) is 4.46. The number of aryl methyl sites for hydroxylation is 2. The Balaban J connectivity index is 2.53. The number of rotatable bonds is 5. The van der Waals surface area contributed by atoms with E-state index in [0.29, 0.717) is 12.8 Å². The fraction of sp³-hybridized carbons (Fsp3) is 0.700. The lowest BCUT2D eigenvalue weighted by atomic mass is 10.1. The number of hydrogen-bond donors (Lipinski definition) is 1. The molecule has 16 heavy (non-hydrogen) atoms. The van der Waals surface area contributed by atoms with Gasteiger partial charge in [0.2, 0.25) is 0 Å². The fourth-order valence-electron chi connectivity index (χ4n) is 1.53. The topological polar surface area (TPSA) is 67.3 Å². The summed E-state index contributed by atoms with van der Waals surface area (Å²) in [6.07, 6.45) is 1.57. The van der Waals surface area contributed by atoms with E-state index in [1.165, 1.54) is 17.6 Å². The van der Waals surface area contributed by atoms with Crippen LogP contribution in [0.2, 0.25) is 0 Å². The second kappa shape index (κ2) is 5.25. The van der Waals surface area contributed by atoms with Crippen LogP contribution in [-0.2, 0) is 9.84 Å². The summed E-state index contributed by atoms with van der Waals surface area (Å²) in [5.74, 6) is 0.126. The zero-order valence-electron chi connectivity index (χ0n) is 9.73. The van der Waals surface area contributed by atoms with Crippen molar-refractivity contribution in [2.24, 2.45) is 0 Å². The van der Waals surface area contributed by atoms with E-state index in [1.54, 1.807) is 0 Å². The minimum Gasteiger partial charge on any atom is -0.388 e. The number of aliphatic hydroxyl groups excluding tert-OH is 1. The van der Waals surface area contributed by atoms with Crippen LogP contribution in [-0.4, -0.2) is 30.5 Å². The first-order valence-electron chi connectivity index (χ1n) is 5.09. The molecule has 1 aromatic rings. The molecule has 1 heterocycles. The van der Waals surface area contributed by atoms with Crippen LogP contribution in [0.1, 0.15) is 34.5 Å². The molecular weight excluding hydrogens is 246 g/mol. The molecule has 1 rings (SSSR count). The summed E-state index contributed by atoms with van der Waals surface area (Å²) < 4.78 is 21.9. The Morgan fingerprint density at radius 2 is 2.06 bits per heavy atom. The van der Waals surface area contributed by atoms with Gasteiger partial charge in [0.25, 0.3) is 0 Å². The number of thiazole rings is 1. The number of aliphatic hydroxyl groups is 1. The second-order valence-electron chi connectivity index (χ2n) is 3.97. The predicted octanol–water partition coefficient (Wildman–Crippen LogP) is 1.62. The lowest BCUT2D eigenvalue weighted by Gasteiger charge is -2.08. The van der Waals surface area contributed by atoms with E-state index in [9.17, 15) is 13.5 Å². The molecule has 1 atom stereocenters. The van der Waals surface area contributed by atoms with Crippen LogP contribution in [0.25, 0.3) is 0 Å². The molecule has 1 N–H and O–H groups in total. The zero-order valence-corrected chi connectivity index (χ0v) is 11.4. The van der Waals surface area contributed by atoms with Gasteiger partial charge in [-0.2, -0.15) is 0 Å². The van der Waals surface area contributed by atoms with Gasteiger partial charge in [-0.3, -0.25) is 0 Å². The number of sulfone groups is 1. The molecule has 92 valence electrons. The van der Waals surface area contributed by atoms with Crippen LogP contribution in [0.3, 0.4) is 0 Å². The molecule has 0 saturated heterocycles. The summed E-state index contributed by atoms with van der Waals surface area (Å²) in [5, 5.41) is 10.8. The Morgan fingerprint density at radius 1 is 1.44 bits per heavy atom. The van der Waals surface area contributed by atoms with Crippen molar-refractivity contribution in [1.29, 1.82) is 0 Å². The van der Waals surface area contributed by atoms with Gasteiger partial charge >= 0.3 is 0 Å². The van der Waals surface area contributed by atoms with Crippen LogP contribution in [0.5, 0.6) is 0 Å². The first kappa shape index (κ1) is 13.6. The van der Waals surface area contributed by atoms with Gasteiger partial charge in [-0.15, -0.1) is 11.3 Å². The molecule has 0 aliphatic rings. The van der Waals surface area contributed by atoms with Crippen molar-refractivity contribution < 1.29 is 13.5 Å². The number of aromatic nitrogens is 1. The highest BCUT2D eigenvalue weighted by molar-refractivity contribution is 7.90. The SMILES string of the molecule is Cc1nc(C)c(C(O)CCCS(C)(=O)=O)s1. The third kappa shape index (κ3) is 4.19. The molecular formula is C10H17NO3S2. The molecule has 0 fully saturated rings. The van der Waals surface area contributed by atoms with Crippen molar-refractivity contribution >= 4 is 21.2 Å². The molecule has 0 aliphatic heterocycles. The number of nitrogens with zero attached hydrogens (tertiary/aromatic N) is 1. The normalized spacial score (nSPS) is 14.0. The Morgan fingerprint density at radius 3 is 2.50 bits per heavy atom.